The van der Waals surface area contributed by atoms with E-state index in [-0.39, 0.29) is 41.2 Å². The molecule has 1 aliphatic heterocycles. The first-order valence-corrected chi connectivity index (χ1v) is 12.3. The second kappa shape index (κ2) is 11.0. The minimum absolute atomic E-state index is 0.0133. The summed E-state index contributed by atoms with van der Waals surface area (Å²) in [5.41, 5.74) is 3.17. The number of hydrogen-bond donors (Lipinski definition) is 5. The van der Waals surface area contributed by atoms with Gasteiger partial charge in [0.05, 0.1) is 10.6 Å². The molecule has 2 atom stereocenters. The first-order valence-electron chi connectivity index (χ1n) is 10.8. The van der Waals surface area contributed by atoms with Crippen molar-refractivity contribution in [3.63, 3.8) is 0 Å². The number of likely N-dealkylation sites (tertiary alicyclic amines) is 1. The highest BCUT2D eigenvalue weighted by molar-refractivity contribution is 7.75. The van der Waals surface area contributed by atoms with Crippen LogP contribution in [-0.4, -0.2) is 64.8 Å². The van der Waals surface area contributed by atoms with Crippen LogP contribution in [0.1, 0.15) is 46.5 Å². The van der Waals surface area contributed by atoms with Crippen LogP contribution in [0.25, 0.3) is 0 Å². The maximum Gasteiger partial charge on any atom is 0.271 e. The lowest BCUT2D eigenvalue weighted by Crippen LogP contribution is -2.57. The summed E-state index contributed by atoms with van der Waals surface area (Å²) >= 11 is 5.89. The molecule has 0 saturated carbocycles. The lowest BCUT2D eigenvalue weighted by Gasteiger charge is -2.41. The molecule has 11 nitrogen and oxygen atoms in total. The number of carbonyl (C=O) groups excluding carboxylic acids is 3. The average Bonchev–Trinajstić information content (AvgIpc) is 2.85. The Labute approximate surface area is 213 Å². The Kier molecular flexibility index (Phi) is 8.21. The Morgan fingerprint density at radius 2 is 1.86 bits per heavy atom. The lowest BCUT2D eigenvalue weighted by atomic mass is 10.0. The minimum atomic E-state index is -2.97. The van der Waals surface area contributed by atoms with Gasteiger partial charge in [-0.3, -0.25) is 14.4 Å². The molecule has 1 heterocycles. The van der Waals surface area contributed by atoms with Crippen molar-refractivity contribution in [3.8, 4) is 11.5 Å². The van der Waals surface area contributed by atoms with Crippen LogP contribution in [0.5, 0.6) is 11.5 Å². The summed E-state index contributed by atoms with van der Waals surface area (Å²) in [6, 6.07) is 8.57. The van der Waals surface area contributed by atoms with Gasteiger partial charge in [0.2, 0.25) is 5.91 Å². The van der Waals surface area contributed by atoms with Crippen molar-refractivity contribution < 1.29 is 33.0 Å². The molecule has 3 rings (SSSR count). The first kappa shape index (κ1) is 27.0. The normalized spacial score (nSPS) is 17.1. The molecule has 2 aromatic carbocycles. The molecule has 1 aliphatic rings. The van der Waals surface area contributed by atoms with E-state index < -0.39 is 38.8 Å². The van der Waals surface area contributed by atoms with Crippen molar-refractivity contribution >= 4 is 46.2 Å². The van der Waals surface area contributed by atoms with Gasteiger partial charge in [0.25, 0.3) is 11.8 Å². The molecule has 4 N–H and O–H groups in total. The molecule has 192 valence electrons. The Bertz CT molecular complexity index is 1290. The number of carbonyl (C=O) groups is 3. The number of hydrogen-bond acceptors (Lipinski definition) is 8. The third kappa shape index (κ3) is 5.94. The highest BCUT2D eigenvalue weighted by Crippen LogP contribution is 2.35. The van der Waals surface area contributed by atoms with Crippen molar-refractivity contribution in [1.82, 2.24) is 15.6 Å². The Hall–Kier alpha value is -3.64. The topological polar surface area (TPSA) is 165 Å². The molecule has 36 heavy (non-hydrogen) atoms. The van der Waals surface area contributed by atoms with Crippen LogP contribution >= 0.6 is 11.6 Å². The van der Waals surface area contributed by atoms with E-state index in [4.69, 9.17) is 11.6 Å². The second-order valence-electron chi connectivity index (χ2n) is 8.56. The summed E-state index contributed by atoms with van der Waals surface area (Å²) in [4.78, 5) is 37.9. The molecule has 0 bridgehead atoms. The molecule has 0 unspecified atom stereocenters. The SMILES string of the molecule is C[C@@H]1CC(=O)N1C[C@](C)(/C=N/NC(=O)c1ccc(CNC(=O)c2ccc(O)c(O)c2Cl)cc1)[SH](=O)=O. The van der Waals surface area contributed by atoms with E-state index in [2.05, 4.69) is 15.8 Å². The van der Waals surface area contributed by atoms with Gasteiger partial charge in [0, 0.05) is 37.3 Å². The molecule has 0 aliphatic carbocycles. The van der Waals surface area contributed by atoms with Crippen LogP contribution in [-0.2, 0) is 22.0 Å². The monoisotopic (exact) mass is 536 g/mol. The fourth-order valence-corrected chi connectivity index (χ4v) is 4.09. The maximum absolute atomic E-state index is 12.4. The maximum atomic E-state index is 12.4. The molecule has 0 radical (unpaired) electrons. The molecular weight excluding hydrogens is 512 g/mol. The largest absolute Gasteiger partial charge is 0.504 e. The molecule has 1 saturated heterocycles. The first-order chi connectivity index (χ1) is 16.9. The molecule has 3 amide bonds. The number of hydrazone groups is 1. The van der Waals surface area contributed by atoms with Gasteiger partial charge < -0.3 is 20.4 Å². The molecule has 13 heteroatoms. The Morgan fingerprint density at radius 3 is 2.44 bits per heavy atom. The van der Waals surface area contributed by atoms with Crippen LogP contribution < -0.4 is 10.7 Å². The van der Waals surface area contributed by atoms with Gasteiger partial charge in [-0.2, -0.15) is 5.10 Å². The quantitative estimate of drug-likeness (QED) is 0.106. The summed E-state index contributed by atoms with van der Waals surface area (Å²) in [6.07, 6.45) is 1.47. The number of amides is 3. The summed E-state index contributed by atoms with van der Waals surface area (Å²) in [6.45, 7) is 3.28. The summed E-state index contributed by atoms with van der Waals surface area (Å²) < 4.78 is 22.1. The number of β-lactam (4-membered cyclic amide) rings is 1. The van der Waals surface area contributed by atoms with Gasteiger partial charge in [0.15, 0.2) is 22.2 Å². The third-order valence-corrected chi connectivity index (χ3v) is 7.22. The van der Waals surface area contributed by atoms with Crippen LogP contribution in [0.3, 0.4) is 0 Å². The van der Waals surface area contributed by atoms with Crippen molar-refractivity contribution in [3.05, 3.63) is 58.1 Å². The van der Waals surface area contributed by atoms with Crippen LogP contribution in [0, 0.1) is 0 Å². The number of benzene rings is 2. The third-order valence-electron chi connectivity index (χ3n) is 5.75. The molecule has 1 fully saturated rings. The van der Waals surface area contributed by atoms with Gasteiger partial charge in [-0.15, -0.1) is 0 Å². The molecule has 0 aromatic heterocycles. The number of halogens is 1. The van der Waals surface area contributed by atoms with Crippen molar-refractivity contribution in [1.29, 1.82) is 0 Å². The van der Waals surface area contributed by atoms with Gasteiger partial charge in [-0.1, -0.05) is 23.7 Å². The predicted molar refractivity (Wildman–Crippen MR) is 133 cm³/mol. The van der Waals surface area contributed by atoms with Crippen LogP contribution in [0.15, 0.2) is 41.5 Å². The fraction of sp³-hybridized carbons (Fsp3) is 0.304. The van der Waals surface area contributed by atoms with Gasteiger partial charge in [0.1, 0.15) is 4.75 Å². The molecule has 2 aromatic rings. The van der Waals surface area contributed by atoms with E-state index in [0.29, 0.717) is 12.0 Å². The number of thiol groups is 1. The minimum Gasteiger partial charge on any atom is -0.504 e. The molecule has 0 spiro atoms. The summed E-state index contributed by atoms with van der Waals surface area (Å²) in [7, 11) is -2.97. The Balaban J connectivity index is 1.57. The Morgan fingerprint density at radius 1 is 1.19 bits per heavy atom. The van der Waals surface area contributed by atoms with Crippen molar-refractivity contribution in [2.24, 2.45) is 5.10 Å². The summed E-state index contributed by atoms with van der Waals surface area (Å²) in [5, 5.41) is 25.2. The van der Waals surface area contributed by atoms with Gasteiger partial charge in [-0.25, -0.2) is 13.8 Å². The standard InChI is InChI=1S/C23H25ClN4O7S/c1-13-9-18(30)28(13)12-23(2,36(34)35)11-26-27-21(32)15-5-3-14(4-6-15)10-25-22(33)16-7-8-17(29)20(31)19(16)24/h3-8,11,13,29,31,36H,9-10,12H2,1-2H3,(H,25,33)(H,27,32)/b26-11+/t13-,23+/m1/s1. The number of nitrogens with one attached hydrogen (secondary N) is 2. The van der Waals surface area contributed by atoms with E-state index >= 15 is 0 Å². The number of rotatable bonds is 9. The highest BCUT2D eigenvalue weighted by Gasteiger charge is 2.39. The van der Waals surface area contributed by atoms with E-state index in [1.165, 1.54) is 30.0 Å². The van der Waals surface area contributed by atoms with Gasteiger partial charge in [-0.05, 0) is 43.7 Å². The average molecular weight is 537 g/mol. The molecular formula is C23H25ClN4O7S. The number of nitrogens with zero attached hydrogens (tertiary/aromatic N) is 2. The van der Waals surface area contributed by atoms with E-state index in [1.807, 2.05) is 6.92 Å². The van der Waals surface area contributed by atoms with E-state index in [1.54, 1.807) is 12.1 Å². The number of aromatic hydroxyl groups is 2. The fourth-order valence-electron chi connectivity index (χ4n) is 3.42. The second-order valence-corrected chi connectivity index (χ2v) is 10.5. The van der Waals surface area contributed by atoms with Gasteiger partial charge >= 0.3 is 0 Å². The van der Waals surface area contributed by atoms with Crippen molar-refractivity contribution in [2.45, 2.75) is 37.6 Å². The highest BCUT2D eigenvalue weighted by atomic mass is 35.5. The zero-order valence-corrected chi connectivity index (χ0v) is 21.0. The van der Waals surface area contributed by atoms with Crippen LogP contribution in [0.2, 0.25) is 5.02 Å². The van der Waals surface area contributed by atoms with Crippen LogP contribution in [0.4, 0.5) is 0 Å². The zero-order valence-electron chi connectivity index (χ0n) is 19.4. The lowest BCUT2D eigenvalue weighted by molar-refractivity contribution is -0.145. The van der Waals surface area contributed by atoms with E-state index in [9.17, 15) is 33.0 Å². The predicted octanol–water partition coefficient (Wildman–Crippen LogP) is 1.39. The smallest absolute Gasteiger partial charge is 0.271 e. The summed E-state index contributed by atoms with van der Waals surface area (Å²) in [5.74, 6) is -2.32. The number of phenolic OH excluding ortho intramolecular Hbond substituents is 2. The zero-order chi connectivity index (χ0) is 26.6. The van der Waals surface area contributed by atoms with E-state index in [0.717, 1.165) is 12.3 Å². The number of phenols is 2. The van der Waals surface area contributed by atoms with Crippen molar-refractivity contribution in [2.75, 3.05) is 6.54 Å².